The zero-order chi connectivity index (χ0) is 17.8. The number of carbonyl (C=O) groups excluding carboxylic acids is 1. The number of carbonyl (C=O) groups is 1. The number of para-hydroxylation sites is 1. The highest BCUT2D eigenvalue weighted by atomic mass is 16.7. The molecule has 0 atom stereocenters. The molecule has 2 N–H and O–H groups in total. The number of ether oxygens (including phenoxy) is 2. The molecule has 1 aromatic heterocycles. The Morgan fingerprint density at radius 3 is 2.92 bits per heavy atom. The molecule has 134 valence electrons. The van der Waals surface area contributed by atoms with Crippen molar-refractivity contribution < 1.29 is 14.3 Å². The van der Waals surface area contributed by atoms with Crippen LogP contribution in [-0.4, -0.2) is 24.2 Å². The first-order chi connectivity index (χ1) is 12.8. The zero-order valence-corrected chi connectivity index (χ0v) is 14.6. The van der Waals surface area contributed by atoms with E-state index in [2.05, 4.69) is 22.4 Å². The van der Waals surface area contributed by atoms with E-state index in [1.54, 1.807) is 0 Å². The van der Waals surface area contributed by atoms with E-state index < -0.39 is 0 Å². The molecule has 0 fully saturated rings. The molecule has 4 rings (SSSR count). The summed E-state index contributed by atoms with van der Waals surface area (Å²) in [5, 5.41) is 4.24. The van der Waals surface area contributed by atoms with E-state index in [1.165, 1.54) is 10.9 Å². The summed E-state index contributed by atoms with van der Waals surface area (Å²) in [6, 6.07) is 14.2. The van der Waals surface area contributed by atoms with Gasteiger partial charge in [-0.25, -0.2) is 0 Å². The van der Waals surface area contributed by atoms with Crippen molar-refractivity contribution in [2.24, 2.45) is 0 Å². The van der Waals surface area contributed by atoms with Gasteiger partial charge in [0, 0.05) is 30.1 Å². The van der Waals surface area contributed by atoms with E-state index in [0.29, 0.717) is 13.0 Å². The standard InChI is InChI=1S/C21H22N2O3/c24-21(7-3-4-16-13-23-18-6-2-1-5-17(16)18)22-11-10-15-8-9-19-20(12-15)26-14-25-19/h1-2,5-6,8-9,12-13,23H,3-4,7,10-11,14H2,(H,22,24). The molecule has 1 aliphatic rings. The van der Waals surface area contributed by atoms with Gasteiger partial charge in [0.15, 0.2) is 11.5 Å². The molecule has 1 aliphatic heterocycles. The van der Waals surface area contributed by atoms with Crippen LogP contribution in [0.2, 0.25) is 0 Å². The number of hydrogen-bond donors (Lipinski definition) is 2. The van der Waals surface area contributed by atoms with Gasteiger partial charge in [-0.1, -0.05) is 24.3 Å². The second kappa shape index (κ2) is 7.52. The molecular weight excluding hydrogens is 328 g/mol. The highest BCUT2D eigenvalue weighted by molar-refractivity contribution is 5.83. The number of aromatic amines is 1. The number of benzene rings is 2. The molecule has 0 saturated heterocycles. The molecule has 0 unspecified atom stereocenters. The van der Waals surface area contributed by atoms with Crippen LogP contribution in [0.15, 0.2) is 48.7 Å². The van der Waals surface area contributed by atoms with Gasteiger partial charge in [0.1, 0.15) is 0 Å². The normalized spacial score (nSPS) is 12.5. The fourth-order valence-electron chi connectivity index (χ4n) is 3.31. The summed E-state index contributed by atoms with van der Waals surface area (Å²) in [7, 11) is 0. The van der Waals surface area contributed by atoms with Crippen molar-refractivity contribution in [3.05, 3.63) is 59.8 Å². The second-order valence-corrected chi connectivity index (χ2v) is 6.50. The second-order valence-electron chi connectivity index (χ2n) is 6.50. The van der Waals surface area contributed by atoms with Crippen LogP contribution >= 0.6 is 0 Å². The summed E-state index contributed by atoms with van der Waals surface area (Å²) < 4.78 is 10.7. The Morgan fingerprint density at radius 1 is 1.08 bits per heavy atom. The summed E-state index contributed by atoms with van der Waals surface area (Å²) in [6.07, 6.45) is 5.12. The maximum Gasteiger partial charge on any atom is 0.231 e. The van der Waals surface area contributed by atoms with Crippen LogP contribution in [-0.2, 0) is 17.6 Å². The van der Waals surface area contributed by atoms with Gasteiger partial charge < -0.3 is 19.8 Å². The molecule has 0 spiro atoms. The minimum Gasteiger partial charge on any atom is -0.454 e. The number of amides is 1. The fraction of sp³-hybridized carbons (Fsp3) is 0.286. The van der Waals surface area contributed by atoms with Crippen molar-refractivity contribution in [3.63, 3.8) is 0 Å². The molecular formula is C21H22N2O3. The predicted octanol–water partition coefficient (Wildman–Crippen LogP) is 3.58. The lowest BCUT2D eigenvalue weighted by Gasteiger charge is -2.06. The van der Waals surface area contributed by atoms with Crippen molar-refractivity contribution in [2.75, 3.05) is 13.3 Å². The maximum absolute atomic E-state index is 12.0. The van der Waals surface area contributed by atoms with Crippen molar-refractivity contribution in [3.8, 4) is 11.5 Å². The summed E-state index contributed by atoms with van der Waals surface area (Å²) in [6.45, 7) is 0.914. The Morgan fingerprint density at radius 2 is 1.96 bits per heavy atom. The van der Waals surface area contributed by atoms with Gasteiger partial charge in [-0.3, -0.25) is 4.79 Å². The van der Waals surface area contributed by atoms with E-state index in [9.17, 15) is 4.79 Å². The van der Waals surface area contributed by atoms with Crippen LogP contribution in [0.25, 0.3) is 10.9 Å². The summed E-state index contributed by atoms with van der Waals surface area (Å²) in [5.41, 5.74) is 3.55. The minimum atomic E-state index is 0.102. The molecule has 5 nitrogen and oxygen atoms in total. The van der Waals surface area contributed by atoms with Crippen LogP contribution in [0.5, 0.6) is 11.5 Å². The summed E-state index contributed by atoms with van der Waals surface area (Å²) >= 11 is 0. The highest BCUT2D eigenvalue weighted by Gasteiger charge is 2.13. The number of aryl methyl sites for hydroxylation is 1. The van der Waals surface area contributed by atoms with E-state index in [0.717, 1.165) is 41.8 Å². The first-order valence-corrected chi connectivity index (χ1v) is 9.00. The van der Waals surface area contributed by atoms with Crippen LogP contribution in [0.4, 0.5) is 0 Å². The molecule has 5 heteroatoms. The molecule has 0 aliphatic carbocycles. The lowest BCUT2D eigenvalue weighted by molar-refractivity contribution is -0.121. The fourth-order valence-corrected chi connectivity index (χ4v) is 3.31. The Hall–Kier alpha value is -2.95. The third-order valence-electron chi connectivity index (χ3n) is 4.70. The van der Waals surface area contributed by atoms with Crippen LogP contribution in [0.3, 0.4) is 0 Å². The quantitative estimate of drug-likeness (QED) is 0.685. The van der Waals surface area contributed by atoms with Gasteiger partial charge in [0.05, 0.1) is 0 Å². The van der Waals surface area contributed by atoms with E-state index in [1.807, 2.05) is 36.5 Å². The number of nitrogens with one attached hydrogen (secondary N) is 2. The number of H-pyrrole nitrogens is 1. The average Bonchev–Trinajstić information content (AvgIpc) is 3.28. The average molecular weight is 350 g/mol. The smallest absolute Gasteiger partial charge is 0.231 e. The van der Waals surface area contributed by atoms with Crippen LogP contribution in [0.1, 0.15) is 24.0 Å². The number of fused-ring (bicyclic) bond motifs is 2. The van der Waals surface area contributed by atoms with E-state index in [-0.39, 0.29) is 12.7 Å². The first kappa shape index (κ1) is 16.5. The van der Waals surface area contributed by atoms with Crippen molar-refractivity contribution in [1.29, 1.82) is 0 Å². The van der Waals surface area contributed by atoms with Gasteiger partial charge in [0.2, 0.25) is 12.7 Å². The Balaban J connectivity index is 1.20. The SMILES string of the molecule is O=C(CCCc1c[nH]c2ccccc12)NCCc1ccc2c(c1)OCO2. The van der Waals surface area contributed by atoms with Gasteiger partial charge in [-0.15, -0.1) is 0 Å². The first-order valence-electron chi connectivity index (χ1n) is 9.00. The maximum atomic E-state index is 12.0. The van der Waals surface area contributed by atoms with Crippen molar-refractivity contribution >= 4 is 16.8 Å². The van der Waals surface area contributed by atoms with E-state index >= 15 is 0 Å². The predicted molar refractivity (Wildman–Crippen MR) is 101 cm³/mol. The van der Waals surface area contributed by atoms with Gasteiger partial charge in [-0.05, 0) is 48.6 Å². The van der Waals surface area contributed by atoms with Crippen molar-refractivity contribution in [1.82, 2.24) is 10.3 Å². The topological polar surface area (TPSA) is 63.4 Å². The Kier molecular flexibility index (Phi) is 4.78. The molecule has 0 bridgehead atoms. The zero-order valence-electron chi connectivity index (χ0n) is 14.6. The summed E-state index contributed by atoms with van der Waals surface area (Å²) in [4.78, 5) is 15.3. The van der Waals surface area contributed by atoms with E-state index in [4.69, 9.17) is 9.47 Å². The molecule has 2 heterocycles. The van der Waals surface area contributed by atoms with Crippen LogP contribution in [0, 0.1) is 0 Å². The lowest BCUT2D eigenvalue weighted by atomic mass is 10.1. The van der Waals surface area contributed by atoms with Gasteiger partial charge in [-0.2, -0.15) is 0 Å². The summed E-state index contributed by atoms with van der Waals surface area (Å²) in [5.74, 6) is 1.67. The monoisotopic (exact) mass is 350 g/mol. The molecule has 3 aromatic rings. The largest absolute Gasteiger partial charge is 0.454 e. The van der Waals surface area contributed by atoms with Crippen molar-refractivity contribution in [2.45, 2.75) is 25.7 Å². The third kappa shape index (κ3) is 3.67. The third-order valence-corrected chi connectivity index (χ3v) is 4.70. The van der Waals surface area contributed by atoms with Crippen LogP contribution < -0.4 is 14.8 Å². The molecule has 0 saturated carbocycles. The Labute approximate surface area is 152 Å². The van der Waals surface area contributed by atoms with Gasteiger partial charge >= 0.3 is 0 Å². The molecule has 0 radical (unpaired) electrons. The minimum absolute atomic E-state index is 0.102. The molecule has 26 heavy (non-hydrogen) atoms. The Bertz CT molecular complexity index is 917. The molecule has 2 aromatic carbocycles. The highest BCUT2D eigenvalue weighted by Crippen LogP contribution is 2.32. The van der Waals surface area contributed by atoms with Gasteiger partial charge in [0.25, 0.3) is 0 Å². The number of aromatic nitrogens is 1. The number of hydrogen-bond acceptors (Lipinski definition) is 3. The lowest BCUT2D eigenvalue weighted by Crippen LogP contribution is -2.25. The molecule has 1 amide bonds. The number of rotatable bonds is 7.